The number of anilines is 1. The first kappa shape index (κ1) is 13.7. The van der Waals surface area contributed by atoms with E-state index in [4.69, 9.17) is 28.9 Å². The van der Waals surface area contributed by atoms with Crippen LogP contribution in [0.4, 0.5) is 10.1 Å². The molecule has 0 spiro atoms. The fourth-order valence-electron chi connectivity index (χ4n) is 2.55. The predicted molar refractivity (Wildman–Crippen MR) is 80.8 cm³/mol. The number of benzene rings is 2. The summed E-state index contributed by atoms with van der Waals surface area (Å²) in [4.78, 5) is 2.12. The number of nitrogens with zero attached hydrogens (tertiary/aromatic N) is 1. The smallest absolute Gasteiger partial charge is 0.123 e. The number of rotatable bonds is 2. The molecular weight excluding hydrogens is 298 g/mol. The summed E-state index contributed by atoms with van der Waals surface area (Å²) in [5.74, 6) is -0.254. The summed E-state index contributed by atoms with van der Waals surface area (Å²) < 4.78 is 13.3. The summed E-state index contributed by atoms with van der Waals surface area (Å²) >= 11 is 11.9. The molecule has 0 saturated heterocycles. The normalized spacial score (nSPS) is 17.4. The van der Waals surface area contributed by atoms with Gasteiger partial charge in [-0.05, 0) is 41.5 Å². The topological polar surface area (TPSA) is 29.3 Å². The molecule has 0 aromatic heterocycles. The number of hydrogen-bond donors (Lipinski definition) is 1. The van der Waals surface area contributed by atoms with Crippen LogP contribution in [0, 0.1) is 5.82 Å². The Morgan fingerprint density at radius 3 is 2.70 bits per heavy atom. The molecule has 2 aromatic carbocycles. The third kappa shape index (κ3) is 2.49. The van der Waals surface area contributed by atoms with Gasteiger partial charge < -0.3 is 10.6 Å². The van der Waals surface area contributed by atoms with E-state index >= 15 is 0 Å². The molecule has 104 valence electrons. The third-order valence-corrected chi connectivity index (χ3v) is 4.24. The molecular formula is C15H13Cl2FN2. The van der Waals surface area contributed by atoms with Gasteiger partial charge in [-0.2, -0.15) is 0 Å². The van der Waals surface area contributed by atoms with E-state index in [9.17, 15) is 4.39 Å². The number of nitrogens with two attached hydrogens (primary N) is 1. The minimum absolute atomic E-state index is 0.163. The molecule has 0 aliphatic carbocycles. The maximum absolute atomic E-state index is 13.3. The van der Waals surface area contributed by atoms with Crippen LogP contribution in [0.1, 0.15) is 17.2 Å². The first-order valence-corrected chi connectivity index (χ1v) is 7.04. The first-order valence-electron chi connectivity index (χ1n) is 6.28. The number of halogens is 3. The van der Waals surface area contributed by atoms with E-state index in [0.717, 1.165) is 16.8 Å². The highest BCUT2D eigenvalue weighted by molar-refractivity contribution is 6.42. The Labute approximate surface area is 126 Å². The van der Waals surface area contributed by atoms with Crippen molar-refractivity contribution >= 4 is 28.9 Å². The maximum atomic E-state index is 13.3. The van der Waals surface area contributed by atoms with E-state index in [-0.39, 0.29) is 11.9 Å². The predicted octanol–water partition coefficient (Wildman–Crippen LogP) is 4.15. The molecule has 1 aliphatic rings. The standard InChI is InChI=1S/C15H13Cl2FN2/c16-12-3-1-9(5-13(12)17)7-20-8-14(19)11-6-10(18)2-4-15(11)20/h1-6,14H,7-8,19H2. The van der Waals surface area contributed by atoms with Crippen LogP contribution in [0.5, 0.6) is 0 Å². The molecule has 2 nitrogen and oxygen atoms in total. The van der Waals surface area contributed by atoms with Crippen molar-refractivity contribution in [3.05, 3.63) is 63.4 Å². The first-order chi connectivity index (χ1) is 9.54. The highest BCUT2D eigenvalue weighted by atomic mass is 35.5. The molecule has 1 heterocycles. The summed E-state index contributed by atoms with van der Waals surface area (Å²) in [5.41, 5.74) is 8.93. The molecule has 0 bridgehead atoms. The van der Waals surface area contributed by atoms with Crippen molar-refractivity contribution in [2.75, 3.05) is 11.4 Å². The minimum atomic E-state index is -0.254. The van der Waals surface area contributed by atoms with Crippen LogP contribution in [0.3, 0.4) is 0 Å². The Balaban J connectivity index is 1.88. The fraction of sp³-hybridized carbons (Fsp3) is 0.200. The SMILES string of the molecule is NC1CN(Cc2ccc(Cl)c(Cl)c2)c2ccc(F)cc21. The molecule has 1 aliphatic heterocycles. The van der Waals surface area contributed by atoms with E-state index in [1.165, 1.54) is 12.1 Å². The molecule has 0 saturated carbocycles. The van der Waals surface area contributed by atoms with Gasteiger partial charge in [0.05, 0.1) is 10.0 Å². The average Bonchev–Trinajstić information content (AvgIpc) is 2.70. The Morgan fingerprint density at radius 2 is 1.95 bits per heavy atom. The van der Waals surface area contributed by atoms with Gasteiger partial charge >= 0.3 is 0 Å². The average molecular weight is 311 g/mol. The Kier molecular flexibility index (Phi) is 3.59. The van der Waals surface area contributed by atoms with Crippen molar-refractivity contribution in [2.45, 2.75) is 12.6 Å². The lowest BCUT2D eigenvalue weighted by atomic mass is 10.1. The van der Waals surface area contributed by atoms with E-state index in [1.807, 2.05) is 12.1 Å². The van der Waals surface area contributed by atoms with Crippen molar-refractivity contribution < 1.29 is 4.39 Å². The highest BCUT2D eigenvalue weighted by Gasteiger charge is 2.26. The van der Waals surface area contributed by atoms with Gasteiger partial charge in [0.2, 0.25) is 0 Å². The largest absolute Gasteiger partial charge is 0.365 e. The molecule has 20 heavy (non-hydrogen) atoms. The van der Waals surface area contributed by atoms with Crippen LogP contribution in [0.2, 0.25) is 10.0 Å². The second-order valence-corrected chi connectivity index (χ2v) is 5.75. The summed E-state index contributed by atoms with van der Waals surface area (Å²) in [6.45, 7) is 1.34. The molecule has 1 atom stereocenters. The fourth-order valence-corrected chi connectivity index (χ4v) is 2.87. The zero-order valence-electron chi connectivity index (χ0n) is 10.6. The van der Waals surface area contributed by atoms with Gasteiger partial charge in [-0.15, -0.1) is 0 Å². The lowest BCUT2D eigenvalue weighted by Crippen LogP contribution is -2.23. The van der Waals surface area contributed by atoms with E-state index < -0.39 is 0 Å². The molecule has 1 unspecified atom stereocenters. The van der Waals surface area contributed by atoms with Gasteiger partial charge in [-0.25, -0.2) is 4.39 Å². The van der Waals surface area contributed by atoms with Crippen molar-refractivity contribution in [3.8, 4) is 0 Å². The van der Waals surface area contributed by atoms with E-state index in [0.29, 0.717) is 23.1 Å². The molecule has 2 N–H and O–H groups in total. The summed E-state index contributed by atoms with van der Waals surface area (Å²) in [6.07, 6.45) is 0. The minimum Gasteiger partial charge on any atom is -0.365 e. The van der Waals surface area contributed by atoms with Gasteiger partial charge in [0.25, 0.3) is 0 Å². The maximum Gasteiger partial charge on any atom is 0.123 e. The van der Waals surface area contributed by atoms with Crippen LogP contribution in [-0.4, -0.2) is 6.54 Å². The van der Waals surface area contributed by atoms with Gasteiger partial charge in [0, 0.05) is 24.8 Å². The zero-order chi connectivity index (χ0) is 14.3. The Bertz CT molecular complexity index is 660. The van der Waals surface area contributed by atoms with Crippen molar-refractivity contribution in [1.82, 2.24) is 0 Å². The van der Waals surface area contributed by atoms with E-state index in [1.54, 1.807) is 12.1 Å². The molecule has 0 amide bonds. The van der Waals surface area contributed by atoms with Crippen LogP contribution < -0.4 is 10.6 Å². The highest BCUT2D eigenvalue weighted by Crippen LogP contribution is 2.35. The van der Waals surface area contributed by atoms with Gasteiger partial charge in [-0.1, -0.05) is 29.3 Å². The Hall–Kier alpha value is -1.29. The molecule has 2 aromatic rings. The van der Waals surface area contributed by atoms with Crippen LogP contribution in [-0.2, 0) is 6.54 Å². The van der Waals surface area contributed by atoms with Crippen LogP contribution in [0.25, 0.3) is 0 Å². The van der Waals surface area contributed by atoms with Crippen LogP contribution >= 0.6 is 23.2 Å². The van der Waals surface area contributed by atoms with Crippen molar-refractivity contribution in [1.29, 1.82) is 0 Å². The number of hydrogen-bond acceptors (Lipinski definition) is 2. The van der Waals surface area contributed by atoms with E-state index in [2.05, 4.69) is 4.90 Å². The lowest BCUT2D eigenvalue weighted by Gasteiger charge is -2.20. The zero-order valence-corrected chi connectivity index (χ0v) is 12.1. The number of fused-ring (bicyclic) bond motifs is 1. The molecule has 5 heteroatoms. The van der Waals surface area contributed by atoms with Gasteiger partial charge in [0.15, 0.2) is 0 Å². The Morgan fingerprint density at radius 1 is 1.15 bits per heavy atom. The van der Waals surface area contributed by atoms with Crippen molar-refractivity contribution in [2.24, 2.45) is 5.73 Å². The second-order valence-electron chi connectivity index (χ2n) is 4.94. The third-order valence-electron chi connectivity index (χ3n) is 3.50. The monoisotopic (exact) mass is 310 g/mol. The molecule has 0 fully saturated rings. The summed E-state index contributed by atoms with van der Waals surface area (Å²) in [6, 6.07) is 10.1. The lowest BCUT2D eigenvalue weighted by molar-refractivity contribution is 0.624. The molecule has 3 rings (SSSR count). The second kappa shape index (κ2) is 5.24. The summed E-state index contributed by atoms with van der Waals surface area (Å²) in [7, 11) is 0. The van der Waals surface area contributed by atoms with Crippen LogP contribution in [0.15, 0.2) is 36.4 Å². The van der Waals surface area contributed by atoms with Gasteiger partial charge in [0.1, 0.15) is 5.82 Å². The van der Waals surface area contributed by atoms with Crippen molar-refractivity contribution in [3.63, 3.8) is 0 Å². The van der Waals surface area contributed by atoms with Gasteiger partial charge in [-0.3, -0.25) is 0 Å². The summed E-state index contributed by atoms with van der Waals surface area (Å²) in [5, 5.41) is 1.07. The quantitative estimate of drug-likeness (QED) is 0.902. The molecule has 0 radical (unpaired) electrons.